The van der Waals surface area contributed by atoms with E-state index < -0.39 is 16.0 Å². The van der Waals surface area contributed by atoms with Crippen LogP contribution in [0.1, 0.15) is 10.4 Å². The van der Waals surface area contributed by atoms with Crippen LogP contribution in [0.2, 0.25) is 0 Å². The summed E-state index contributed by atoms with van der Waals surface area (Å²) in [6.07, 6.45) is 2.71. The highest BCUT2D eigenvalue weighted by Crippen LogP contribution is 2.30. The first-order valence-electron chi connectivity index (χ1n) is 6.05. The summed E-state index contributed by atoms with van der Waals surface area (Å²) >= 11 is 0. The van der Waals surface area contributed by atoms with E-state index in [4.69, 9.17) is 0 Å². The maximum Gasteiger partial charge on any atom is 0.336 e. The molecule has 0 amide bonds. The third-order valence-electron chi connectivity index (χ3n) is 2.99. The quantitative estimate of drug-likeness (QED) is 0.929. The van der Waals surface area contributed by atoms with Crippen LogP contribution in [0.25, 0.3) is 11.1 Å². The van der Waals surface area contributed by atoms with Gasteiger partial charge in [-0.1, -0.05) is 18.2 Å². The van der Waals surface area contributed by atoms with E-state index in [0.29, 0.717) is 5.56 Å². The number of aromatic nitrogens is 1. The Kier molecular flexibility index (Phi) is 4.06. The van der Waals surface area contributed by atoms with Crippen LogP contribution < -0.4 is 0 Å². The molecule has 0 spiro atoms. The Morgan fingerprint density at radius 1 is 1.14 bits per heavy atom. The summed E-state index contributed by atoms with van der Waals surface area (Å²) in [6.45, 7) is 0. The number of nitrogens with zero attached hydrogens (tertiary/aromatic N) is 2. The van der Waals surface area contributed by atoms with Crippen molar-refractivity contribution < 1.29 is 18.3 Å². The van der Waals surface area contributed by atoms with Gasteiger partial charge in [-0.25, -0.2) is 17.5 Å². The molecule has 0 aliphatic heterocycles. The van der Waals surface area contributed by atoms with Crippen LogP contribution in [-0.2, 0) is 10.0 Å². The Morgan fingerprint density at radius 2 is 1.81 bits per heavy atom. The summed E-state index contributed by atoms with van der Waals surface area (Å²) in [6, 6.07) is 7.61. The lowest BCUT2D eigenvalue weighted by atomic mass is 10.0. The van der Waals surface area contributed by atoms with E-state index in [0.717, 1.165) is 4.31 Å². The van der Waals surface area contributed by atoms with Gasteiger partial charge in [0.2, 0.25) is 10.0 Å². The minimum absolute atomic E-state index is 0.00593. The summed E-state index contributed by atoms with van der Waals surface area (Å²) in [5.41, 5.74) is 0.592. The van der Waals surface area contributed by atoms with Crippen LogP contribution in [0.3, 0.4) is 0 Å². The monoisotopic (exact) mass is 306 g/mol. The number of sulfonamides is 1. The van der Waals surface area contributed by atoms with Crippen molar-refractivity contribution in [2.45, 2.75) is 4.90 Å². The standard InChI is InChI=1S/C14H14N2O4S/c1-16(2)21(19,20)13-6-4-3-5-10(13)12-9-15-8-7-11(12)14(17)18/h3-9H,1-2H3,(H,17,18). The molecule has 1 heterocycles. The number of hydrogen-bond donors (Lipinski definition) is 1. The Hall–Kier alpha value is -2.25. The average Bonchev–Trinajstić information content (AvgIpc) is 2.47. The fourth-order valence-corrected chi connectivity index (χ4v) is 3.01. The maximum absolute atomic E-state index is 12.4. The first-order chi connectivity index (χ1) is 9.85. The highest BCUT2D eigenvalue weighted by molar-refractivity contribution is 7.89. The first kappa shape index (κ1) is 15.1. The number of pyridine rings is 1. The summed E-state index contributed by atoms with van der Waals surface area (Å²) in [7, 11) is -0.837. The van der Waals surface area contributed by atoms with Gasteiger partial charge in [0.1, 0.15) is 0 Å². The van der Waals surface area contributed by atoms with Crippen LogP contribution in [0, 0.1) is 0 Å². The smallest absolute Gasteiger partial charge is 0.336 e. The lowest BCUT2D eigenvalue weighted by Gasteiger charge is -2.16. The van der Waals surface area contributed by atoms with Crippen molar-refractivity contribution in [3.05, 3.63) is 48.3 Å². The molecule has 0 fully saturated rings. The molecular formula is C14H14N2O4S. The number of rotatable bonds is 4. The van der Waals surface area contributed by atoms with Gasteiger partial charge in [0.05, 0.1) is 10.5 Å². The molecule has 21 heavy (non-hydrogen) atoms. The topological polar surface area (TPSA) is 87.6 Å². The molecule has 1 N–H and O–H groups in total. The second-order valence-electron chi connectivity index (χ2n) is 4.51. The van der Waals surface area contributed by atoms with Crippen LogP contribution >= 0.6 is 0 Å². The van der Waals surface area contributed by atoms with Crippen molar-refractivity contribution >= 4 is 16.0 Å². The molecule has 2 rings (SSSR count). The highest BCUT2D eigenvalue weighted by atomic mass is 32.2. The van der Waals surface area contributed by atoms with Gasteiger partial charge < -0.3 is 5.11 Å². The van der Waals surface area contributed by atoms with Crippen molar-refractivity contribution in [1.29, 1.82) is 0 Å². The SMILES string of the molecule is CN(C)S(=O)(=O)c1ccccc1-c1cnccc1C(=O)O. The molecule has 1 aromatic heterocycles. The molecule has 2 aromatic rings. The van der Waals surface area contributed by atoms with Gasteiger partial charge in [-0.2, -0.15) is 0 Å². The number of aromatic carboxylic acids is 1. The number of benzene rings is 1. The molecule has 1 aromatic carbocycles. The highest BCUT2D eigenvalue weighted by Gasteiger charge is 2.23. The van der Waals surface area contributed by atoms with Crippen LogP contribution in [0.4, 0.5) is 0 Å². The second kappa shape index (κ2) is 5.63. The van der Waals surface area contributed by atoms with E-state index in [-0.39, 0.29) is 16.0 Å². The second-order valence-corrected chi connectivity index (χ2v) is 6.63. The van der Waals surface area contributed by atoms with E-state index in [1.807, 2.05) is 0 Å². The zero-order valence-electron chi connectivity index (χ0n) is 11.5. The molecule has 0 saturated heterocycles. The van der Waals surface area contributed by atoms with Gasteiger partial charge in [0.25, 0.3) is 0 Å². The molecular weight excluding hydrogens is 292 g/mol. The van der Waals surface area contributed by atoms with Gasteiger partial charge in [0.15, 0.2) is 0 Å². The third-order valence-corrected chi connectivity index (χ3v) is 4.86. The largest absolute Gasteiger partial charge is 0.478 e. The molecule has 0 radical (unpaired) electrons. The molecule has 0 bridgehead atoms. The predicted molar refractivity (Wildman–Crippen MR) is 77.5 cm³/mol. The molecule has 0 saturated carbocycles. The van der Waals surface area contributed by atoms with Crippen molar-refractivity contribution in [2.24, 2.45) is 0 Å². The van der Waals surface area contributed by atoms with E-state index in [1.54, 1.807) is 18.2 Å². The normalized spacial score (nSPS) is 11.6. The van der Waals surface area contributed by atoms with Gasteiger partial charge in [0, 0.05) is 37.6 Å². The predicted octanol–water partition coefficient (Wildman–Crippen LogP) is 1.70. The molecule has 0 aliphatic rings. The number of hydrogen-bond acceptors (Lipinski definition) is 4. The average molecular weight is 306 g/mol. The van der Waals surface area contributed by atoms with Crippen LogP contribution in [0.5, 0.6) is 0 Å². The Labute approximate surface area is 122 Å². The van der Waals surface area contributed by atoms with E-state index in [2.05, 4.69) is 4.98 Å². The molecule has 0 unspecified atom stereocenters. The summed E-state index contributed by atoms with van der Waals surface area (Å²) < 4.78 is 25.8. The molecule has 7 heteroatoms. The van der Waals surface area contributed by atoms with Gasteiger partial charge in [-0.15, -0.1) is 0 Å². The zero-order chi connectivity index (χ0) is 15.6. The van der Waals surface area contributed by atoms with Crippen molar-refractivity contribution in [2.75, 3.05) is 14.1 Å². The summed E-state index contributed by atoms with van der Waals surface area (Å²) in [5.74, 6) is -1.13. The minimum atomic E-state index is -3.69. The lowest BCUT2D eigenvalue weighted by Crippen LogP contribution is -2.23. The Bertz CT molecular complexity index is 785. The van der Waals surface area contributed by atoms with Gasteiger partial charge in [-0.3, -0.25) is 4.98 Å². The number of carbonyl (C=O) groups is 1. The molecule has 0 aliphatic carbocycles. The summed E-state index contributed by atoms with van der Waals surface area (Å²) in [5, 5.41) is 9.24. The summed E-state index contributed by atoms with van der Waals surface area (Å²) in [4.78, 5) is 15.2. The minimum Gasteiger partial charge on any atom is -0.478 e. The molecule has 110 valence electrons. The lowest BCUT2D eigenvalue weighted by molar-refractivity contribution is 0.0697. The van der Waals surface area contributed by atoms with Crippen molar-refractivity contribution in [3.8, 4) is 11.1 Å². The third kappa shape index (κ3) is 2.79. The molecule has 0 atom stereocenters. The fraction of sp³-hybridized carbons (Fsp3) is 0.143. The van der Waals surface area contributed by atoms with Crippen molar-refractivity contribution in [1.82, 2.24) is 9.29 Å². The Balaban J connectivity index is 2.76. The van der Waals surface area contributed by atoms with E-state index in [1.165, 1.54) is 38.6 Å². The first-order valence-corrected chi connectivity index (χ1v) is 7.49. The van der Waals surface area contributed by atoms with Crippen LogP contribution in [-0.4, -0.2) is 42.9 Å². The van der Waals surface area contributed by atoms with Crippen molar-refractivity contribution in [3.63, 3.8) is 0 Å². The zero-order valence-corrected chi connectivity index (χ0v) is 12.3. The Morgan fingerprint density at radius 3 is 2.43 bits per heavy atom. The maximum atomic E-state index is 12.4. The number of carboxylic acid groups (broad SMARTS) is 1. The van der Waals surface area contributed by atoms with Crippen LogP contribution in [0.15, 0.2) is 47.6 Å². The number of carboxylic acids is 1. The van der Waals surface area contributed by atoms with E-state index in [9.17, 15) is 18.3 Å². The van der Waals surface area contributed by atoms with E-state index >= 15 is 0 Å². The molecule has 6 nitrogen and oxygen atoms in total. The van der Waals surface area contributed by atoms with Gasteiger partial charge in [-0.05, 0) is 12.1 Å². The van der Waals surface area contributed by atoms with Gasteiger partial charge >= 0.3 is 5.97 Å². The fourth-order valence-electron chi connectivity index (χ4n) is 1.91.